The minimum atomic E-state index is -0.300. The first-order chi connectivity index (χ1) is 8.64. The smallest absolute Gasteiger partial charge is 0.399 e. The third kappa shape index (κ3) is 3.04. The summed E-state index contributed by atoms with van der Waals surface area (Å²) in [5, 5.41) is 0. The molecule has 2 N–H and O–H groups in total. The highest BCUT2D eigenvalue weighted by Gasteiger charge is 2.51. The molecule has 1 aromatic rings. The minimum absolute atomic E-state index is 0. The molecule has 112 valence electrons. The Balaban J connectivity index is 0.00000200. The number of benzene rings is 1. The molecule has 0 spiro atoms. The molecule has 0 aromatic heterocycles. The van der Waals surface area contributed by atoms with Crippen LogP contribution in [0.5, 0.6) is 0 Å². The van der Waals surface area contributed by atoms with E-state index in [0.717, 1.165) is 5.46 Å². The van der Waals surface area contributed by atoms with Crippen LogP contribution >= 0.6 is 12.4 Å². The molecule has 3 nitrogen and oxygen atoms in total. The first kappa shape index (κ1) is 17.5. The number of hydrogen-bond acceptors (Lipinski definition) is 3. The van der Waals surface area contributed by atoms with Crippen LogP contribution in [0.4, 0.5) is 0 Å². The Morgan fingerprint density at radius 3 is 2.00 bits per heavy atom. The van der Waals surface area contributed by atoms with Crippen molar-refractivity contribution in [1.82, 2.24) is 0 Å². The molecule has 1 saturated heterocycles. The van der Waals surface area contributed by atoms with Crippen LogP contribution in [0.1, 0.15) is 51.8 Å². The van der Waals surface area contributed by atoms with E-state index in [1.165, 1.54) is 11.1 Å². The maximum Gasteiger partial charge on any atom is 0.494 e. The first-order valence-corrected chi connectivity index (χ1v) is 6.86. The molecule has 0 unspecified atom stereocenters. The lowest BCUT2D eigenvalue weighted by Crippen LogP contribution is -2.41. The van der Waals surface area contributed by atoms with Crippen molar-refractivity contribution in [2.45, 2.75) is 58.8 Å². The number of rotatable bonds is 2. The Morgan fingerprint density at radius 1 is 1.10 bits per heavy atom. The third-order valence-corrected chi connectivity index (χ3v) is 4.31. The van der Waals surface area contributed by atoms with E-state index >= 15 is 0 Å². The average Bonchev–Trinajstić information content (AvgIpc) is 2.47. The van der Waals surface area contributed by atoms with Gasteiger partial charge < -0.3 is 15.0 Å². The fourth-order valence-electron chi connectivity index (χ4n) is 2.34. The van der Waals surface area contributed by atoms with Gasteiger partial charge in [0.1, 0.15) is 0 Å². The van der Waals surface area contributed by atoms with Gasteiger partial charge in [-0.1, -0.05) is 18.2 Å². The molecule has 1 aliphatic rings. The second-order valence-corrected chi connectivity index (χ2v) is 6.49. The molecule has 0 aliphatic carbocycles. The largest absolute Gasteiger partial charge is 0.494 e. The average molecular weight is 298 g/mol. The second-order valence-electron chi connectivity index (χ2n) is 6.49. The van der Waals surface area contributed by atoms with Crippen molar-refractivity contribution >= 4 is 25.0 Å². The topological polar surface area (TPSA) is 44.5 Å². The highest BCUT2D eigenvalue weighted by Crippen LogP contribution is 2.36. The van der Waals surface area contributed by atoms with Crippen LogP contribution in [0, 0.1) is 6.92 Å². The summed E-state index contributed by atoms with van der Waals surface area (Å²) < 4.78 is 12.1. The van der Waals surface area contributed by atoms with E-state index in [9.17, 15) is 0 Å². The summed E-state index contributed by atoms with van der Waals surface area (Å²) in [7, 11) is -0.300. The Kier molecular flexibility index (Phi) is 4.97. The normalized spacial score (nSPS) is 21.4. The summed E-state index contributed by atoms with van der Waals surface area (Å²) in [5.74, 6) is 0. The molecule has 1 atom stereocenters. The maximum atomic E-state index is 6.05. The van der Waals surface area contributed by atoms with Crippen molar-refractivity contribution in [3.63, 3.8) is 0 Å². The summed E-state index contributed by atoms with van der Waals surface area (Å²) in [6.45, 7) is 12.3. The Hall–Kier alpha value is -0.545. The van der Waals surface area contributed by atoms with Crippen LogP contribution < -0.4 is 11.2 Å². The van der Waals surface area contributed by atoms with Crippen molar-refractivity contribution in [2.75, 3.05) is 0 Å². The molecule has 2 rings (SSSR count). The van der Waals surface area contributed by atoms with Gasteiger partial charge >= 0.3 is 7.12 Å². The molecule has 20 heavy (non-hydrogen) atoms. The number of hydrogen-bond donors (Lipinski definition) is 1. The maximum absolute atomic E-state index is 6.05. The van der Waals surface area contributed by atoms with Crippen LogP contribution in [0.25, 0.3) is 0 Å². The zero-order valence-corrected chi connectivity index (χ0v) is 14.0. The monoisotopic (exact) mass is 297 g/mol. The van der Waals surface area contributed by atoms with Crippen molar-refractivity contribution in [3.05, 3.63) is 29.3 Å². The fraction of sp³-hybridized carbons (Fsp3) is 0.600. The third-order valence-electron chi connectivity index (χ3n) is 4.31. The zero-order valence-electron chi connectivity index (χ0n) is 13.2. The first-order valence-electron chi connectivity index (χ1n) is 6.86. The van der Waals surface area contributed by atoms with Gasteiger partial charge in [0.2, 0.25) is 0 Å². The van der Waals surface area contributed by atoms with Gasteiger partial charge in [0.15, 0.2) is 0 Å². The fourth-order valence-corrected chi connectivity index (χ4v) is 2.34. The van der Waals surface area contributed by atoms with E-state index in [-0.39, 0.29) is 36.8 Å². The SMILES string of the molecule is Cc1cc(B2OC(C)(C)C(C)(C)O2)ccc1[C@@H](C)N.Cl. The van der Waals surface area contributed by atoms with E-state index in [0.29, 0.717) is 0 Å². The highest BCUT2D eigenvalue weighted by atomic mass is 35.5. The van der Waals surface area contributed by atoms with Gasteiger partial charge in [-0.2, -0.15) is 0 Å². The summed E-state index contributed by atoms with van der Waals surface area (Å²) in [4.78, 5) is 0. The van der Waals surface area contributed by atoms with E-state index < -0.39 is 0 Å². The molecule has 1 heterocycles. The standard InChI is InChI=1S/C15H24BNO2.ClH/c1-10-9-12(7-8-13(10)11(2)17)16-18-14(3,4)15(5,6)19-16;/h7-9,11H,17H2,1-6H3;1H/t11-;/m1./s1. The molecular formula is C15H25BClNO2. The highest BCUT2D eigenvalue weighted by molar-refractivity contribution is 6.62. The molecule has 5 heteroatoms. The summed E-state index contributed by atoms with van der Waals surface area (Å²) in [6, 6.07) is 6.28. The zero-order chi connectivity index (χ0) is 14.4. The summed E-state index contributed by atoms with van der Waals surface area (Å²) in [6.07, 6.45) is 0. The van der Waals surface area contributed by atoms with Gasteiger partial charge in [0, 0.05) is 6.04 Å². The molecule has 0 bridgehead atoms. The predicted octanol–water partition coefficient (Wildman–Crippen LogP) is 2.74. The molecular weight excluding hydrogens is 272 g/mol. The van der Waals surface area contributed by atoms with Crippen molar-refractivity contribution < 1.29 is 9.31 Å². The van der Waals surface area contributed by atoms with Crippen molar-refractivity contribution in [2.24, 2.45) is 5.73 Å². The number of nitrogens with two attached hydrogens (primary N) is 1. The predicted molar refractivity (Wildman–Crippen MR) is 86.7 cm³/mol. The van der Waals surface area contributed by atoms with E-state index in [1.807, 2.05) is 13.0 Å². The number of halogens is 1. The van der Waals surface area contributed by atoms with Crippen LogP contribution in [-0.4, -0.2) is 18.3 Å². The molecule has 1 aromatic carbocycles. The lowest BCUT2D eigenvalue weighted by atomic mass is 9.77. The van der Waals surface area contributed by atoms with Gasteiger partial charge in [-0.15, -0.1) is 12.4 Å². The lowest BCUT2D eigenvalue weighted by molar-refractivity contribution is 0.00578. The Morgan fingerprint density at radius 2 is 1.60 bits per heavy atom. The van der Waals surface area contributed by atoms with Gasteiger partial charge in [0.05, 0.1) is 11.2 Å². The van der Waals surface area contributed by atoms with Crippen LogP contribution in [0.2, 0.25) is 0 Å². The second kappa shape index (κ2) is 5.68. The minimum Gasteiger partial charge on any atom is -0.399 e. The summed E-state index contributed by atoms with van der Waals surface area (Å²) >= 11 is 0. The quantitative estimate of drug-likeness (QED) is 0.854. The lowest BCUT2D eigenvalue weighted by Gasteiger charge is -2.32. The van der Waals surface area contributed by atoms with Gasteiger partial charge in [-0.25, -0.2) is 0 Å². The molecule has 1 aliphatic heterocycles. The van der Waals surface area contributed by atoms with Crippen molar-refractivity contribution in [1.29, 1.82) is 0 Å². The number of aryl methyl sites for hydroxylation is 1. The van der Waals surface area contributed by atoms with Crippen LogP contribution in [0.15, 0.2) is 18.2 Å². The van der Waals surface area contributed by atoms with Crippen LogP contribution in [-0.2, 0) is 9.31 Å². The van der Waals surface area contributed by atoms with E-state index in [1.54, 1.807) is 0 Å². The van der Waals surface area contributed by atoms with Crippen LogP contribution in [0.3, 0.4) is 0 Å². The van der Waals surface area contributed by atoms with Gasteiger partial charge in [-0.3, -0.25) is 0 Å². The molecule has 0 amide bonds. The van der Waals surface area contributed by atoms with E-state index in [4.69, 9.17) is 15.0 Å². The van der Waals surface area contributed by atoms with Crippen molar-refractivity contribution in [3.8, 4) is 0 Å². The van der Waals surface area contributed by atoms with E-state index in [2.05, 4.69) is 46.8 Å². The molecule has 0 radical (unpaired) electrons. The summed E-state index contributed by atoms with van der Waals surface area (Å²) in [5.41, 5.74) is 8.75. The van der Waals surface area contributed by atoms with Gasteiger partial charge in [0.25, 0.3) is 0 Å². The molecule has 1 fully saturated rings. The Bertz CT molecular complexity index is 473. The Labute approximate surface area is 128 Å². The molecule has 0 saturated carbocycles. The van der Waals surface area contributed by atoms with Gasteiger partial charge in [-0.05, 0) is 58.1 Å².